The lowest BCUT2D eigenvalue weighted by atomic mass is 10.0. The SMILES string of the molecule is OC(c1cccc(Cl)c1)C1CCCO1. The first kappa shape index (κ1) is 9.97. The third-order valence-corrected chi connectivity index (χ3v) is 2.74. The largest absolute Gasteiger partial charge is 0.386 e. The Hall–Kier alpha value is -0.570. The van der Waals surface area contributed by atoms with Crippen LogP contribution in [0.25, 0.3) is 0 Å². The van der Waals surface area contributed by atoms with Crippen LogP contribution < -0.4 is 0 Å². The quantitative estimate of drug-likeness (QED) is 0.817. The van der Waals surface area contributed by atoms with Gasteiger partial charge in [0.05, 0.1) is 6.10 Å². The molecule has 3 heteroatoms. The minimum atomic E-state index is -0.545. The van der Waals surface area contributed by atoms with Gasteiger partial charge >= 0.3 is 0 Å². The second-order valence-electron chi connectivity index (χ2n) is 3.55. The summed E-state index contributed by atoms with van der Waals surface area (Å²) in [6, 6.07) is 7.30. The zero-order chi connectivity index (χ0) is 9.97. The highest BCUT2D eigenvalue weighted by Gasteiger charge is 2.25. The number of aliphatic hydroxyl groups is 1. The Morgan fingerprint density at radius 1 is 1.50 bits per heavy atom. The highest BCUT2D eigenvalue weighted by molar-refractivity contribution is 6.30. The zero-order valence-electron chi connectivity index (χ0n) is 7.82. The molecule has 1 saturated heterocycles. The monoisotopic (exact) mass is 212 g/mol. The van der Waals surface area contributed by atoms with Gasteiger partial charge in [0, 0.05) is 11.6 Å². The number of benzene rings is 1. The summed E-state index contributed by atoms with van der Waals surface area (Å²) >= 11 is 5.84. The molecule has 1 fully saturated rings. The Bertz CT molecular complexity index is 308. The molecular formula is C11H13ClO2. The molecule has 0 radical (unpaired) electrons. The number of aliphatic hydroxyl groups excluding tert-OH is 1. The minimum absolute atomic E-state index is 0.0616. The van der Waals surface area contributed by atoms with Crippen molar-refractivity contribution in [2.75, 3.05) is 6.61 Å². The second-order valence-corrected chi connectivity index (χ2v) is 3.99. The topological polar surface area (TPSA) is 29.5 Å². The molecule has 1 aromatic rings. The summed E-state index contributed by atoms with van der Waals surface area (Å²) in [5.74, 6) is 0. The van der Waals surface area contributed by atoms with Crippen molar-refractivity contribution in [1.82, 2.24) is 0 Å². The van der Waals surface area contributed by atoms with E-state index in [2.05, 4.69) is 0 Å². The zero-order valence-corrected chi connectivity index (χ0v) is 8.57. The third kappa shape index (κ3) is 2.08. The molecule has 1 aromatic carbocycles. The van der Waals surface area contributed by atoms with Crippen LogP contribution in [0.4, 0.5) is 0 Å². The molecule has 76 valence electrons. The molecule has 1 N–H and O–H groups in total. The molecule has 2 rings (SSSR count). The van der Waals surface area contributed by atoms with Crippen LogP contribution in [-0.2, 0) is 4.74 Å². The first-order valence-electron chi connectivity index (χ1n) is 4.82. The van der Waals surface area contributed by atoms with Gasteiger partial charge in [-0.2, -0.15) is 0 Å². The highest BCUT2D eigenvalue weighted by Crippen LogP contribution is 2.27. The number of hydrogen-bond donors (Lipinski definition) is 1. The average molecular weight is 213 g/mol. The van der Waals surface area contributed by atoms with Crippen molar-refractivity contribution in [1.29, 1.82) is 0 Å². The standard InChI is InChI=1S/C11H13ClO2/c12-9-4-1-3-8(7-9)11(13)10-5-2-6-14-10/h1,3-4,7,10-11,13H,2,5-6H2. The van der Waals surface area contributed by atoms with Crippen molar-refractivity contribution in [3.05, 3.63) is 34.9 Å². The molecule has 0 spiro atoms. The van der Waals surface area contributed by atoms with Crippen LogP contribution in [0.15, 0.2) is 24.3 Å². The van der Waals surface area contributed by atoms with Crippen LogP contribution in [0.3, 0.4) is 0 Å². The van der Waals surface area contributed by atoms with Crippen LogP contribution in [0.2, 0.25) is 5.02 Å². The van der Waals surface area contributed by atoms with Gasteiger partial charge in [0.1, 0.15) is 6.10 Å². The van der Waals surface area contributed by atoms with E-state index in [1.54, 1.807) is 12.1 Å². The fraction of sp³-hybridized carbons (Fsp3) is 0.455. The Labute approximate surface area is 88.5 Å². The fourth-order valence-electron chi connectivity index (χ4n) is 1.76. The first-order chi connectivity index (χ1) is 6.77. The van der Waals surface area contributed by atoms with E-state index in [1.165, 1.54) is 0 Å². The number of ether oxygens (including phenoxy) is 1. The molecule has 0 aromatic heterocycles. The fourth-order valence-corrected chi connectivity index (χ4v) is 1.96. The predicted octanol–water partition coefficient (Wildman–Crippen LogP) is 2.55. The molecule has 1 aliphatic rings. The summed E-state index contributed by atoms with van der Waals surface area (Å²) in [5.41, 5.74) is 0.837. The maximum atomic E-state index is 9.96. The number of halogens is 1. The van der Waals surface area contributed by atoms with Gasteiger partial charge in [-0.15, -0.1) is 0 Å². The number of hydrogen-bond acceptors (Lipinski definition) is 2. The van der Waals surface area contributed by atoms with Gasteiger partial charge in [0.2, 0.25) is 0 Å². The smallest absolute Gasteiger partial charge is 0.105 e. The van der Waals surface area contributed by atoms with E-state index in [0.29, 0.717) is 5.02 Å². The van der Waals surface area contributed by atoms with Crippen LogP contribution in [-0.4, -0.2) is 17.8 Å². The summed E-state index contributed by atoms with van der Waals surface area (Å²) in [4.78, 5) is 0. The Morgan fingerprint density at radius 2 is 2.36 bits per heavy atom. The van der Waals surface area contributed by atoms with Gasteiger partial charge in [-0.3, -0.25) is 0 Å². The maximum Gasteiger partial charge on any atom is 0.105 e. The molecule has 0 amide bonds. The lowest BCUT2D eigenvalue weighted by molar-refractivity contribution is -0.00258. The van der Waals surface area contributed by atoms with E-state index in [1.807, 2.05) is 12.1 Å². The average Bonchev–Trinajstić information content (AvgIpc) is 2.69. The van der Waals surface area contributed by atoms with Crippen LogP contribution in [0.5, 0.6) is 0 Å². The highest BCUT2D eigenvalue weighted by atomic mass is 35.5. The lowest BCUT2D eigenvalue weighted by Gasteiger charge is -2.17. The van der Waals surface area contributed by atoms with Crippen LogP contribution in [0, 0.1) is 0 Å². The Morgan fingerprint density at radius 3 is 3.00 bits per heavy atom. The van der Waals surface area contributed by atoms with Gasteiger partial charge in [0.15, 0.2) is 0 Å². The molecule has 0 saturated carbocycles. The van der Waals surface area contributed by atoms with E-state index in [0.717, 1.165) is 25.0 Å². The van der Waals surface area contributed by atoms with Crippen molar-refractivity contribution in [3.8, 4) is 0 Å². The molecule has 2 unspecified atom stereocenters. The van der Waals surface area contributed by atoms with Crippen molar-refractivity contribution >= 4 is 11.6 Å². The van der Waals surface area contributed by atoms with E-state index >= 15 is 0 Å². The van der Waals surface area contributed by atoms with Gasteiger partial charge < -0.3 is 9.84 Å². The van der Waals surface area contributed by atoms with Crippen LogP contribution >= 0.6 is 11.6 Å². The summed E-state index contributed by atoms with van der Waals surface area (Å²) in [6.45, 7) is 0.752. The van der Waals surface area contributed by atoms with E-state index in [4.69, 9.17) is 16.3 Å². The molecule has 0 aliphatic carbocycles. The molecule has 2 atom stereocenters. The first-order valence-corrected chi connectivity index (χ1v) is 5.20. The molecule has 14 heavy (non-hydrogen) atoms. The second kappa shape index (κ2) is 4.30. The van der Waals surface area contributed by atoms with Gasteiger partial charge in [-0.1, -0.05) is 23.7 Å². The summed E-state index contributed by atoms with van der Waals surface area (Å²) in [7, 11) is 0. The van der Waals surface area contributed by atoms with Crippen molar-refractivity contribution in [3.63, 3.8) is 0 Å². The Balaban J connectivity index is 2.13. The normalized spacial score (nSPS) is 23.7. The molecule has 1 heterocycles. The molecule has 2 nitrogen and oxygen atoms in total. The van der Waals surface area contributed by atoms with Gasteiger partial charge in [0.25, 0.3) is 0 Å². The lowest BCUT2D eigenvalue weighted by Crippen LogP contribution is -2.16. The molecular weight excluding hydrogens is 200 g/mol. The van der Waals surface area contributed by atoms with E-state index < -0.39 is 6.10 Å². The van der Waals surface area contributed by atoms with Gasteiger partial charge in [-0.05, 0) is 30.5 Å². The summed E-state index contributed by atoms with van der Waals surface area (Å²) in [5, 5.41) is 10.6. The van der Waals surface area contributed by atoms with Crippen molar-refractivity contribution in [2.24, 2.45) is 0 Å². The summed E-state index contributed by atoms with van der Waals surface area (Å²) < 4.78 is 5.42. The van der Waals surface area contributed by atoms with Gasteiger partial charge in [-0.25, -0.2) is 0 Å². The maximum absolute atomic E-state index is 9.96. The van der Waals surface area contributed by atoms with Crippen molar-refractivity contribution < 1.29 is 9.84 Å². The molecule has 0 bridgehead atoms. The molecule has 1 aliphatic heterocycles. The third-order valence-electron chi connectivity index (χ3n) is 2.51. The Kier molecular flexibility index (Phi) is 3.06. The minimum Gasteiger partial charge on any atom is -0.386 e. The predicted molar refractivity (Wildman–Crippen MR) is 55.4 cm³/mol. The number of rotatable bonds is 2. The van der Waals surface area contributed by atoms with E-state index in [9.17, 15) is 5.11 Å². The summed E-state index contributed by atoms with van der Waals surface area (Å²) in [6.07, 6.45) is 1.35. The van der Waals surface area contributed by atoms with E-state index in [-0.39, 0.29) is 6.10 Å². The van der Waals surface area contributed by atoms with Crippen molar-refractivity contribution in [2.45, 2.75) is 25.0 Å². The van der Waals surface area contributed by atoms with Crippen LogP contribution in [0.1, 0.15) is 24.5 Å².